The summed E-state index contributed by atoms with van der Waals surface area (Å²) in [5.74, 6) is 1.49. The Morgan fingerprint density at radius 2 is 1.83 bits per heavy atom. The van der Waals surface area contributed by atoms with Crippen LogP contribution < -0.4 is 9.47 Å². The van der Waals surface area contributed by atoms with Crippen molar-refractivity contribution in [1.82, 2.24) is 0 Å². The molecule has 1 aromatic carbocycles. The maximum atomic E-state index is 12.0. The molecule has 0 spiro atoms. The van der Waals surface area contributed by atoms with Crippen molar-refractivity contribution in [1.29, 1.82) is 0 Å². The molecule has 29 heavy (non-hydrogen) atoms. The minimum atomic E-state index is -1.06. The Bertz CT molecular complexity index is 680. The van der Waals surface area contributed by atoms with Crippen LogP contribution in [-0.4, -0.2) is 56.1 Å². The summed E-state index contributed by atoms with van der Waals surface area (Å²) in [6.45, 7) is 9.07. The first-order chi connectivity index (χ1) is 13.5. The van der Waals surface area contributed by atoms with Crippen molar-refractivity contribution in [3.63, 3.8) is 0 Å². The highest BCUT2D eigenvalue weighted by Gasteiger charge is 2.28. The normalized spacial score (nSPS) is 14.1. The number of ether oxygens (including phenoxy) is 2. The highest BCUT2D eigenvalue weighted by Crippen LogP contribution is 2.53. The zero-order valence-corrected chi connectivity index (χ0v) is 20.2. The topological polar surface area (TPSA) is 57.1 Å². The summed E-state index contributed by atoms with van der Waals surface area (Å²) < 4.78 is 16.9. The van der Waals surface area contributed by atoms with Crippen LogP contribution in [0.25, 0.3) is 0 Å². The molecule has 0 aliphatic heterocycles. The van der Waals surface area contributed by atoms with Gasteiger partial charge < -0.3 is 13.7 Å². The third-order valence-corrected chi connectivity index (χ3v) is 8.98. The van der Waals surface area contributed by atoms with Crippen LogP contribution in [0, 0.1) is 0 Å². The zero-order valence-electron chi connectivity index (χ0n) is 19.4. The van der Waals surface area contributed by atoms with Gasteiger partial charge in [0.1, 0.15) is 17.5 Å². The third kappa shape index (κ3) is 8.39. The van der Waals surface area contributed by atoms with Crippen LogP contribution in [0.3, 0.4) is 0 Å². The van der Waals surface area contributed by atoms with E-state index in [2.05, 4.69) is 38.3 Å². The summed E-state index contributed by atoms with van der Waals surface area (Å²) in [6, 6.07) is 5.23. The number of rotatable bonds is 12. The molecule has 0 saturated heterocycles. The molecule has 0 saturated carbocycles. The van der Waals surface area contributed by atoms with Crippen LogP contribution in [0.15, 0.2) is 23.2 Å². The van der Waals surface area contributed by atoms with Crippen LogP contribution >= 0.6 is 10.3 Å². The second kappa shape index (κ2) is 11.6. The van der Waals surface area contributed by atoms with Crippen LogP contribution in [0.5, 0.6) is 11.5 Å². The lowest BCUT2D eigenvalue weighted by atomic mass is 10.1. The van der Waals surface area contributed by atoms with Gasteiger partial charge in [-0.3, -0.25) is 9.79 Å². The van der Waals surface area contributed by atoms with Gasteiger partial charge in [-0.2, -0.15) is 0 Å². The molecule has 6 heteroatoms. The molecule has 0 aromatic heterocycles. The second-order valence-corrected chi connectivity index (χ2v) is 12.5. The van der Waals surface area contributed by atoms with Crippen LogP contribution in [-0.2, 0) is 8.98 Å². The van der Waals surface area contributed by atoms with Crippen LogP contribution in [0.1, 0.15) is 58.9 Å². The van der Waals surface area contributed by atoms with E-state index in [0.29, 0.717) is 5.75 Å². The number of aliphatic imine (C=N–C) groups is 1. The fourth-order valence-electron chi connectivity index (χ4n) is 2.54. The van der Waals surface area contributed by atoms with Gasteiger partial charge in [0.25, 0.3) is 0 Å². The molecular weight excluding hydrogens is 386 g/mol. The SMILES string of the molecule is COc1ccc(C=NC(CCCCCOS(C)(C)C(C)(C)C)C(C)=O)c(OC)c1. The lowest BCUT2D eigenvalue weighted by molar-refractivity contribution is -0.118. The summed E-state index contributed by atoms with van der Waals surface area (Å²) in [5.41, 5.74) is 0.834. The van der Waals surface area contributed by atoms with Crippen molar-refractivity contribution in [2.75, 3.05) is 33.3 Å². The Morgan fingerprint density at radius 3 is 2.38 bits per heavy atom. The van der Waals surface area contributed by atoms with Gasteiger partial charge >= 0.3 is 0 Å². The van der Waals surface area contributed by atoms with Crippen molar-refractivity contribution in [3.05, 3.63) is 23.8 Å². The molecule has 1 rings (SSSR count). The number of carbonyl (C=O) groups excluding carboxylic acids is 1. The Balaban J connectivity index is 2.53. The second-order valence-electron chi connectivity index (χ2n) is 8.53. The van der Waals surface area contributed by atoms with Crippen molar-refractivity contribution < 1.29 is 18.5 Å². The predicted octanol–water partition coefficient (Wildman–Crippen LogP) is 5.44. The molecule has 1 unspecified atom stereocenters. The third-order valence-electron chi connectivity index (χ3n) is 5.28. The van der Waals surface area contributed by atoms with E-state index >= 15 is 0 Å². The van der Waals surface area contributed by atoms with Gasteiger partial charge in [0.05, 0.1) is 20.8 Å². The fraction of sp³-hybridized carbons (Fsp3) is 0.652. The largest absolute Gasteiger partial charge is 0.497 e. The maximum absolute atomic E-state index is 12.0. The van der Waals surface area contributed by atoms with E-state index < -0.39 is 10.3 Å². The number of Topliss-reactive ketones (excluding diaryl/α,β-unsaturated/α-hetero) is 1. The average molecular weight is 426 g/mol. The molecule has 0 fully saturated rings. The quantitative estimate of drug-likeness (QED) is 0.331. The van der Waals surface area contributed by atoms with Crippen LogP contribution in [0.4, 0.5) is 0 Å². The molecular formula is C23H39NO4S. The number of methoxy groups -OCH3 is 2. The number of hydrogen-bond donors (Lipinski definition) is 0. The van der Waals surface area contributed by atoms with Gasteiger partial charge in [-0.25, -0.2) is 0 Å². The van der Waals surface area contributed by atoms with Crippen LogP contribution in [0.2, 0.25) is 0 Å². The lowest BCUT2D eigenvalue weighted by Crippen LogP contribution is -2.25. The smallest absolute Gasteiger partial charge is 0.154 e. The molecule has 0 heterocycles. The first-order valence-corrected chi connectivity index (χ1v) is 12.5. The van der Waals surface area contributed by atoms with E-state index in [0.717, 1.165) is 43.6 Å². The standard InChI is InChI=1S/C23H39NO4S/c1-18(25)21(12-10-9-11-15-28-29(7,8)23(2,3)4)24-17-19-13-14-20(26-5)16-22(19)27-6/h13-14,16-17,21H,9-12,15H2,1-8H3. The molecule has 0 radical (unpaired) electrons. The van der Waals surface area contributed by atoms with Gasteiger partial charge in [0, 0.05) is 22.6 Å². The average Bonchev–Trinajstić information content (AvgIpc) is 2.65. The Kier molecular flexibility index (Phi) is 10.2. The van der Waals surface area contributed by atoms with E-state index in [1.807, 2.05) is 18.2 Å². The molecule has 0 aliphatic carbocycles. The number of unbranched alkanes of at least 4 members (excludes halogenated alkanes) is 2. The Labute approximate surface area is 178 Å². The first kappa shape index (κ1) is 25.5. The van der Waals surface area contributed by atoms with E-state index in [4.69, 9.17) is 13.7 Å². The van der Waals surface area contributed by atoms with E-state index in [1.165, 1.54) is 0 Å². The molecule has 0 N–H and O–H groups in total. The number of hydrogen-bond acceptors (Lipinski definition) is 5. The molecule has 5 nitrogen and oxygen atoms in total. The number of ketones is 1. The Hall–Kier alpha value is -1.53. The highest BCUT2D eigenvalue weighted by atomic mass is 32.3. The first-order valence-electron chi connectivity index (χ1n) is 10.1. The zero-order chi connectivity index (χ0) is 22.1. The van der Waals surface area contributed by atoms with Crippen molar-refractivity contribution in [2.24, 2.45) is 4.99 Å². The van der Waals surface area contributed by atoms with E-state index in [9.17, 15) is 4.79 Å². The number of benzene rings is 1. The monoisotopic (exact) mass is 425 g/mol. The van der Waals surface area contributed by atoms with E-state index in [-0.39, 0.29) is 16.6 Å². The summed E-state index contributed by atoms with van der Waals surface area (Å²) >= 11 is 0. The summed E-state index contributed by atoms with van der Waals surface area (Å²) in [6.07, 6.45) is 9.91. The summed E-state index contributed by atoms with van der Waals surface area (Å²) in [4.78, 5) is 16.5. The van der Waals surface area contributed by atoms with Gasteiger partial charge in [0.15, 0.2) is 5.78 Å². The van der Waals surface area contributed by atoms with Gasteiger partial charge in [-0.05, 0) is 44.4 Å². The minimum Gasteiger partial charge on any atom is -0.497 e. The lowest BCUT2D eigenvalue weighted by Gasteiger charge is -2.43. The molecule has 166 valence electrons. The molecule has 1 atom stereocenters. The van der Waals surface area contributed by atoms with Crippen molar-refractivity contribution >= 4 is 22.3 Å². The highest BCUT2D eigenvalue weighted by molar-refractivity contribution is 8.29. The molecule has 1 aromatic rings. The minimum absolute atomic E-state index is 0.0864. The van der Waals surface area contributed by atoms with Gasteiger partial charge in [-0.15, -0.1) is 10.3 Å². The number of carbonyl (C=O) groups is 1. The summed E-state index contributed by atoms with van der Waals surface area (Å²) in [7, 11) is 2.16. The molecule has 0 bridgehead atoms. The van der Waals surface area contributed by atoms with Gasteiger partial charge in [-0.1, -0.05) is 33.6 Å². The number of nitrogens with zero attached hydrogens (tertiary/aromatic N) is 1. The Morgan fingerprint density at radius 1 is 1.14 bits per heavy atom. The maximum Gasteiger partial charge on any atom is 0.154 e. The molecule has 0 amide bonds. The summed E-state index contributed by atoms with van der Waals surface area (Å²) in [5, 5.41) is 0. The van der Waals surface area contributed by atoms with Crippen molar-refractivity contribution in [2.45, 2.75) is 64.2 Å². The van der Waals surface area contributed by atoms with E-state index in [1.54, 1.807) is 27.4 Å². The molecule has 0 aliphatic rings. The van der Waals surface area contributed by atoms with Crippen molar-refractivity contribution in [3.8, 4) is 11.5 Å². The predicted molar refractivity (Wildman–Crippen MR) is 125 cm³/mol. The fourth-order valence-corrected chi connectivity index (χ4v) is 3.43. The van der Waals surface area contributed by atoms with Gasteiger partial charge in [0.2, 0.25) is 0 Å².